The van der Waals surface area contributed by atoms with Crippen LogP contribution in [0.5, 0.6) is 0 Å². The number of rotatable bonds is 3. The summed E-state index contributed by atoms with van der Waals surface area (Å²) in [5, 5.41) is 3.32. The summed E-state index contributed by atoms with van der Waals surface area (Å²) in [6, 6.07) is 10.8. The van der Waals surface area contributed by atoms with Gasteiger partial charge in [-0.2, -0.15) is 0 Å². The Bertz CT molecular complexity index is 782. The van der Waals surface area contributed by atoms with Crippen LogP contribution in [0, 0.1) is 9.49 Å². The van der Waals surface area contributed by atoms with Gasteiger partial charge in [0.05, 0.1) is 16.5 Å². The number of hydrogen-bond acceptors (Lipinski definition) is 3. The number of halogens is 2. The standard InChI is InChI=1S/C18H17ClIN3O2/c19-13-7-8-16(21-10-13)22-17(24)12-4-3-9-23(11-12)18(25)14-5-1-2-6-15(14)20/h1-2,5-8,10,12H,3-4,9,11H2,(H,21,22,24). The molecular weight excluding hydrogens is 453 g/mol. The summed E-state index contributed by atoms with van der Waals surface area (Å²) >= 11 is 7.96. The van der Waals surface area contributed by atoms with Crippen LogP contribution in [0.15, 0.2) is 42.6 Å². The van der Waals surface area contributed by atoms with E-state index in [0.717, 1.165) is 16.4 Å². The Balaban J connectivity index is 1.66. The third-order valence-electron chi connectivity index (χ3n) is 4.16. The minimum Gasteiger partial charge on any atom is -0.338 e. The summed E-state index contributed by atoms with van der Waals surface area (Å²) in [5.74, 6) is 0.0919. The predicted octanol–water partition coefficient (Wildman–Crippen LogP) is 3.83. The number of amides is 2. The fourth-order valence-corrected chi connectivity index (χ4v) is 3.59. The van der Waals surface area contributed by atoms with E-state index in [1.165, 1.54) is 6.20 Å². The first-order valence-electron chi connectivity index (χ1n) is 8.01. The molecular formula is C18H17ClIN3O2. The van der Waals surface area contributed by atoms with Crippen LogP contribution < -0.4 is 5.32 Å². The summed E-state index contributed by atoms with van der Waals surface area (Å²) in [4.78, 5) is 31.1. The number of pyridine rings is 1. The number of carbonyl (C=O) groups is 2. The van der Waals surface area contributed by atoms with E-state index in [4.69, 9.17) is 11.6 Å². The Morgan fingerprint density at radius 2 is 2.04 bits per heavy atom. The second-order valence-electron chi connectivity index (χ2n) is 5.92. The van der Waals surface area contributed by atoms with Crippen molar-refractivity contribution in [2.24, 2.45) is 5.92 Å². The normalized spacial score (nSPS) is 17.2. The van der Waals surface area contributed by atoms with Gasteiger partial charge in [0.25, 0.3) is 5.91 Å². The van der Waals surface area contributed by atoms with Crippen molar-refractivity contribution >= 4 is 51.8 Å². The van der Waals surface area contributed by atoms with Crippen molar-refractivity contribution in [1.82, 2.24) is 9.88 Å². The number of piperidine rings is 1. The van der Waals surface area contributed by atoms with Crippen molar-refractivity contribution < 1.29 is 9.59 Å². The fraction of sp³-hybridized carbons (Fsp3) is 0.278. The molecule has 0 saturated carbocycles. The van der Waals surface area contributed by atoms with Crippen LogP contribution in [0.1, 0.15) is 23.2 Å². The lowest BCUT2D eigenvalue weighted by atomic mass is 9.96. The lowest BCUT2D eigenvalue weighted by Gasteiger charge is -2.32. The number of benzene rings is 1. The topological polar surface area (TPSA) is 62.3 Å². The molecule has 1 saturated heterocycles. The molecule has 2 amide bonds. The van der Waals surface area contributed by atoms with Crippen LogP contribution in [0.4, 0.5) is 5.82 Å². The number of aromatic nitrogens is 1. The van der Waals surface area contributed by atoms with Gasteiger partial charge in [-0.3, -0.25) is 9.59 Å². The minimum atomic E-state index is -0.239. The Hall–Kier alpha value is -1.67. The van der Waals surface area contributed by atoms with E-state index in [-0.39, 0.29) is 17.7 Å². The molecule has 1 aromatic carbocycles. The second kappa shape index (κ2) is 8.14. The molecule has 1 atom stereocenters. The molecule has 2 aromatic rings. The molecule has 1 N–H and O–H groups in total. The number of nitrogens with zero attached hydrogens (tertiary/aromatic N) is 2. The van der Waals surface area contributed by atoms with Crippen LogP contribution in [0.3, 0.4) is 0 Å². The van der Waals surface area contributed by atoms with Crippen LogP contribution >= 0.6 is 34.2 Å². The van der Waals surface area contributed by atoms with Crippen molar-refractivity contribution in [3.05, 3.63) is 56.8 Å². The van der Waals surface area contributed by atoms with E-state index < -0.39 is 0 Å². The Morgan fingerprint density at radius 1 is 1.24 bits per heavy atom. The molecule has 25 heavy (non-hydrogen) atoms. The van der Waals surface area contributed by atoms with Gasteiger partial charge in [0.2, 0.25) is 5.91 Å². The molecule has 7 heteroatoms. The fourth-order valence-electron chi connectivity index (χ4n) is 2.86. The highest BCUT2D eigenvalue weighted by atomic mass is 127. The monoisotopic (exact) mass is 469 g/mol. The molecule has 0 aliphatic carbocycles. The molecule has 130 valence electrons. The molecule has 1 unspecified atom stereocenters. The van der Waals surface area contributed by atoms with Crippen LogP contribution in [0.2, 0.25) is 5.02 Å². The Kier molecular flexibility index (Phi) is 5.90. The Morgan fingerprint density at radius 3 is 2.76 bits per heavy atom. The summed E-state index contributed by atoms with van der Waals surface area (Å²) in [7, 11) is 0. The summed E-state index contributed by atoms with van der Waals surface area (Å²) < 4.78 is 0.919. The number of hydrogen-bond donors (Lipinski definition) is 1. The number of nitrogens with one attached hydrogen (secondary N) is 1. The van der Waals surface area contributed by atoms with Gasteiger partial charge in [0.15, 0.2) is 0 Å². The lowest BCUT2D eigenvalue weighted by molar-refractivity contribution is -0.121. The summed E-state index contributed by atoms with van der Waals surface area (Å²) in [6.07, 6.45) is 3.06. The Labute approximate surface area is 164 Å². The molecule has 2 heterocycles. The third kappa shape index (κ3) is 4.49. The number of carbonyl (C=O) groups excluding carboxylic acids is 2. The smallest absolute Gasteiger partial charge is 0.254 e. The maximum atomic E-state index is 12.7. The second-order valence-corrected chi connectivity index (χ2v) is 7.52. The predicted molar refractivity (Wildman–Crippen MR) is 106 cm³/mol. The van der Waals surface area contributed by atoms with Crippen molar-refractivity contribution in [3.63, 3.8) is 0 Å². The van der Waals surface area contributed by atoms with E-state index in [0.29, 0.717) is 29.5 Å². The summed E-state index contributed by atoms with van der Waals surface area (Å²) in [5.41, 5.74) is 0.684. The van der Waals surface area contributed by atoms with E-state index in [9.17, 15) is 9.59 Å². The van der Waals surface area contributed by atoms with Crippen molar-refractivity contribution in [2.45, 2.75) is 12.8 Å². The largest absolute Gasteiger partial charge is 0.338 e. The van der Waals surface area contributed by atoms with Gasteiger partial charge in [-0.1, -0.05) is 23.7 Å². The highest BCUT2D eigenvalue weighted by molar-refractivity contribution is 14.1. The highest BCUT2D eigenvalue weighted by Crippen LogP contribution is 2.22. The van der Waals surface area contributed by atoms with Gasteiger partial charge in [0.1, 0.15) is 5.82 Å². The molecule has 0 bridgehead atoms. The van der Waals surface area contributed by atoms with Crippen LogP contribution in [-0.2, 0) is 4.79 Å². The van der Waals surface area contributed by atoms with Crippen molar-refractivity contribution in [2.75, 3.05) is 18.4 Å². The molecule has 1 fully saturated rings. The van der Waals surface area contributed by atoms with Gasteiger partial charge in [-0.25, -0.2) is 4.98 Å². The summed E-state index contributed by atoms with van der Waals surface area (Å²) in [6.45, 7) is 1.09. The molecule has 0 radical (unpaired) electrons. The molecule has 5 nitrogen and oxygen atoms in total. The van der Waals surface area contributed by atoms with Crippen molar-refractivity contribution in [3.8, 4) is 0 Å². The van der Waals surface area contributed by atoms with Gasteiger partial charge < -0.3 is 10.2 Å². The van der Waals surface area contributed by atoms with Gasteiger partial charge in [-0.05, 0) is 59.7 Å². The lowest BCUT2D eigenvalue weighted by Crippen LogP contribution is -2.44. The maximum absolute atomic E-state index is 12.7. The zero-order valence-corrected chi connectivity index (χ0v) is 16.3. The zero-order valence-electron chi connectivity index (χ0n) is 13.4. The van der Waals surface area contributed by atoms with E-state index >= 15 is 0 Å². The van der Waals surface area contributed by atoms with Crippen molar-refractivity contribution in [1.29, 1.82) is 0 Å². The number of likely N-dealkylation sites (tertiary alicyclic amines) is 1. The molecule has 0 spiro atoms. The van der Waals surface area contributed by atoms with E-state index in [2.05, 4.69) is 32.9 Å². The molecule has 1 aliphatic rings. The van der Waals surface area contributed by atoms with E-state index in [1.54, 1.807) is 17.0 Å². The van der Waals surface area contributed by atoms with Gasteiger partial charge in [0, 0.05) is 22.9 Å². The average molecular weight is 470 g/mol. The quantitative estimate of drug-likeness (QED) is 0.695. The zero-order chi connectivity index (χ0) is 17.8. The first-order chi connectivity index (χ1) is 12.0. The molecule has 3 rings (SSSR count). The van der Waals surface area contributed by atoms with Crippen LogP contribution in [0.25, 0.3) is 0 Å². The maximum Gasteiger partial charge on any atom is 0.254 e. The van der Waals surface area contributed by atoms with E-state index in [1.807, 2.05) is 24.3 Å². The molecule has 1 aliphatic heterocycles. The first-order valence-corrected chi connectivity index (χ1v) is 9.46. The van der Waals surface area contributed by atoms with Gasteiger partial charge in [-0.15, -0.1) is 0 Å². The average Bonchev–Trinajstić information content (AvgIpc) is 2.63. The third-order valence-corrected chi connectivity index (χ3v) is 5.33. The molecule has 1 aromatic heterocycles. The highest BCUT2D eigenvalue weighted by Gasteiger charge is 2.29. The first kappa shape index (κ1) is 18.1. The number of anilines is 1. The minimum absolute atomic E-state index is 0.0212. The SMILES string of the molecule is O=C(Nc1ccc(Cl)cn1)C1CCCN(C(=O)c2ccccc2I)C1. The van der Waals surface area contributed by atoms with Crippen LogP contribution in [-0.4, -0.2) is 34.8 Å². The van der Waals surface area contributed by atoms with Gasteiger partial charge >= 0.3 is 0 Å².